The van der Waals surface area contributed by atoms with Crippen LogP contribution in [0.4, 0.5) is 0 Å². The van der Waals surface area contributed by atoms with Crippen molar-refractivity contribution in [2.75, 3.05) is 0 Å². The summed E-state index contributed by atoms with van der Waals surface area (Å²) in [6, 6.07) is 9.62. The smallest absolute Gasteiger partial charge is 0.317 e. The van der Waals surface area contributed by atoms with E-state index in [1.54, 1.807) is 6.20 Å². The molecule has 20 heavy (non-hydrogen) atoms. The first kappa shape index (κ1) is 14.5. The molecule has 4 nitrogen and oxygen atoms in total. The highest BCUT2D eigenvalue weighted by molar-refractivity contribution is 8.00. The summed E-state index contributed by atoms with van der Waals surface area (Å²) in [5.74, 6) is -0.832. The zero-order valence-electron chi connectivity index (χ0n) is 11.4. The molecule has 0 radical (unpaired) electrons. The molecule has 104 valence electrons. The summed E-state index contributed by atoms with van der Waals surface area (Å²) >= 11 is 1.26. The second kappa shape index (κ2) is 6.52. The molecule has 0 fully saturated rings. The number of aliphatic carboxylic acids is 1. The molecule has 2 rings (SSSR count). The van der Waals surface area contributed by atoms with Crippen LogP contribution in [-0.4, -0.2) is 26.3 Å². The third-order valence-corrected chi connectivity index (χ3v) is 4.09. The van der Waals surface area contributed by atoms with Gasteiger partial charge in [0.1, 0.15) is 10.3 Å². The maximum atomic E-state index is 11.4. The first-order chi connectivity index (χ1) is 9.56. The number of carboxylic acid groups (broad SMARTS) is 1. The third-order valence-electron chi connectivity index (χ3n) is 2.83. The molecule has 0 saturated heterocycles. The molecule has 1 aromatic heterocycles. The van der Waals surface area contributed by atoms with Gasteiger partial charge in [-0.3, -0.25) is 9.78 Å². The highest BCUT2D eigenvalue weighted by Crippen LogP contribution is 2.26. The van der Waals surface area contributed by atoms with Crippen molar-refractivity contribution in [3.8, 4) is 0 Å². The zero-order chi connectivity index (χ0) is 14.5. The van der Waals surface area contributed by atoms with Crippen molar-refractivity contribution >= 4 is 17.7 Å². The standard InChI is InChI=1S/C15H16N2O2S/c1-10-9-16-11(2)14(17-10)20-13(15(18)19)8-12-6-4-3-5-7-12/h3-7,9,13H,8H2,1-2H3,(H,18,19). The number of rotatable bonds is 5. The van der Waals surface area contributed by atoms with Gasteiger partial charge >= 0.3 is 5.97 Å². The fourth-order valence-electron chi connectivity index (χ4n) is 1.77. The van der Waals surface area contributed by atoms with E-state index in [4.69, 9.17) is 0 Å². The van der Waals surface area contributed by atoms with E-state index < -0.39 is 11.2 Å². The zero-order valence-corrected chi connectivity index (χ0v) is 12.2. The molecule has 0 amide bonds. The van der Waals surface area contributed by atoms with Crippen molar-refractivity contribution in [3.05, 3.63) is 53.5 Å². The molecule has 0 aliphatic rings. The Bertz CT molecular complexity index is 602. The Labute approximate surface area is 122 Å². The predicted octanol–water partition coefficient (Wildman–Crippen LogP) is 2.88. The maximum Gasteiger partial charge on any atom is 0.317 e. The molecule has 0 aliphatic carbocycles. The highest BCUT2D eigenvalue weighted by atomic mass is 32.2. The fourth-order valence-corrected chi connectivity index (χ4v) is 2.84. The summed E-state index contributed by atoms with van der Waals surface area (Å²) in [6.07, 6.45) is 2.16. The number of nitrogens with zero attached hydrogens (tertiary/aromatic N) is 2. The lowest BCUT2D eigenvalue weighted by Gasteiger charge is -2.13. The van der Waals surface area contributed by atoms with Gasteiger partial charge in [0.25, 0.3) is 0 Å². The normalized spacial score (nSPS) is 12.1. The molecule has 0 spiro atoms. The van der Waals surface area contributed by atoms with E-state index in [1.165, 1.54) is 11.8 Å². The minimum atomic E-state index is -0.832. The van der Waals surface area contributed by atoms with Crippen LogP contribution in [-0.2, 0) is 11.2 Å². The molecule has 0 aliphatic heterocycles. The van der Waals surface area contributed by atoms with Crippen LogP contribution in [0.3, 0.4) is 0 Å². The maximum absolute atomic E-state index is 11.4. The molecule has 2 aromatic rings. The molecule has 1 atom stereocenters. The van der Waals surface area contributed by atoms with Crippen LogP contribution in [0.1, 0.15) is 17.0 Å². The number of aromatic nitrogens is 2. The van der Waals surface area contributed by atoms with Crippen LogP contribution >= 0.6 is 11.8 Å². The van der Waals surface area contributed by atoms with E-state index in [2.05, 4.69) is 9.97 Å². The van der Waals surface area contributed by atoms with Gasteiger partial charge in [-0.05, 0) is 25.8 Å². The first-order valence-electron chi connectivity index (χ1n) is 6.30. The Kier molecular flexibility index (Phi) is 4.74. The monoisotopic (exact) mass is 288 g/mol. The van der Waals surface area contributed by atoms with Crippen LogP contribution in [0.25, 0.3) is 0 Å². The van der Waals surface area contributed by atoms with Crippen molar-refractivity contribution in [2.45, 2.75) is 30.5 Å². The minimum absolute atomic E-state index is 0.468. The number of benzene rings is 1. The molecule has 1 aromatic carbocycles. The van der Waals surface area contributed by atoms with Crippen LogP contribution in [0, 0.1) is 13.8 Å². The third kappa shape index (κ3) is 3.81. The second-order valence-electron chi connectivity index (χ2n) is 4.54. The number of carboxylic acids is 1. The van der Waals surface area contributed by atoms with E-state index in [1.807, 2.05) is 44.2 Å². The van der Waals surface area contributed by atoms with Crippen LogP contribution in [0.15, 0.2) is 41.6 Å². The summed E-state index contributed by atoms with van der Waals surface area (Å²) in [4.78, 5) is 20.0. The average molecular weight is 288 g/mol. The topological polar surface area (TPSA) is 63.1 Å². The summed E-state index contributed by atoms with van der Waals surface area (Å²) in [7, 11) is 0. The number of carbonyl (C=O) groups is 1. The Morgan fingerprint density at radius 1 is 1.30 bits per heavy atom. The fraction of sp³-hybridized carbons (Fsp3) is 0.267. The number of aryl methyl sites for hydroxylation is 2. The summed E-state index contributed by atoms with van der Waals surface area (Å²) in [5.41, 5.74) is 2.56. The van der Waals surface area contributed by atoms with Crippen molar-refractivity contribution < 1.29 is 9.90 Å². The first-order valence-corrected chi connectivity index (χ1v) is 7.18. The van der Waals surface area contributed by atoms with Gasteiger partial charge in [0.15, 0.2) is 0 Å². The van der Waals surface area contributed by atoms with E-state index >= 15 is 0 Å². The van der Waals surface area contributed by atoms with Crippen LogP contribution in [0.2, 0.25) is 0 Å². The molecule has 5 heteroatoms. The van der Waals surface area contributed by atoms with E-state index in [9.17, 15) is 9.90 Å². The van der Waals surface area contributed by atoms with Gasteiger partial charge in [-0.1, -0.05) is 42.1 Å². The SMILES string of the molecule is Cc1cnc(C)c(SC(Cc2ccccc2)C(=O)O)n1. The minimum Gasteiger partial charge on any atom is -0.480 e. The average Bonchev–Trinajstić information content (AvgIpc) is 2.43. The Balaban J connectivity index is 2.18. The van der Waals surface area contributed by atoms with E-state index in [-0.39, 0.29) is 0 Å². The lowest BCUT2D eigenvalue weighted by atomic mass is 10.1. The van der Waals surface area contributed by atoms with Crippen LogP contribution in [0.5, 0.6) is 0 Å². The molecule has 0 bridgehead atoms. The van der Waals surface area contributed by atoms with Gasteiger partial charge in [0, 0.05) is 6.20 Å². The molecule has 0 saturated carbocycles. The lowest BCUT2D eigenvalue weighted by Crippen LogP contribution is -2.19. The van der Waals surface area contributed by atoms with E-state index in [0.29, 0.717) is 11.4 Å². The van der Waals surface area contributed by atoms with Gasteiger partial charge in [0.2, 0.25) is 0 Å². The molecular formula is C15H16N2O2S. The quantitative estimate of drug-likeness (QED) is 0.857. The predicted molar refractivity (Wildman–Crippen MR) is 78.9 cm³/mol. The largest absolute Gasteiger partial charge is 0.480 e. The number of hydrogen-bond donors (Lipinski definition) is 1. The van der Waals surface area contributed by atoms with E-state index in [0.717, 1.165) is 17.0 Å². The van der Waals surface area contributed by atoms with Crippen molar-refractivity contribution in [1.82, 2.24) is 9.97 Å². The summed E-state index contributed by atoms with van der Waals surface area (Å²) < 4.78 is 0. The Morgan fingerprint density at radius 2 is 2.00 bits per heavy atom. The molecule has 1 unspecified atom stereocenters. The van der Waals surface area contributed by atoms with Gasteiger partial charge in [0.05, 0.1) is 11.4 Å². The Hall–Kier alpha value is -1.88. The molecule has 1 heterocycles. The Morgan fingerprint density at radius 3 is 2.65 bits per heavy atom. The summed E-state index contributed by atoms with van der Waals surface area (Å²) in [5, 5.41) is 9.51. The van der Waals surface area contributed by atoms with Gasteiger partial charge in [-0.15, -0.1) is 0 Å². The number of thioether (sulfide) groups is 1. The number of hydrogen-bond acceptors (Lipinski definition) is 4. The van der Waals surface area contributed by atoms with Crippen molar-refractivity contribution in [2.24, 2.45) is 0 Å². The second-order valence-corrected chi connectivity index (χ2v) is 5.73. The highest BCUT2D eigenvalue weighted by Gasteiger charge is 2.21. The van der Waals surface area contributed by atoms with Gasteiger partial charge < -0.3 is 5.11 Å². The van der Waals surface area contributed by atoms with Gasteiger partial charge in [-0.2, -0.15) is 0 Å². The molecular weight excluding hydrogens is 272 g/mol. The van der Waals surface area contributed by atoms with Crippen LogP contribution < -0.4 is 0 Å². The molecule has 1 N–H and O–H groups in total. The lowest BCUT2D eigenvalue weighted by molar-refractivity contribution is -0.136. The van der Waals surface area contributed by atoms with Crippen molar-refractivity contribution in [3.63, 3.8) is 0 Å². The van der Waals surface area contributed by atoms with Crippen molar-refractivity contribution in [1.29, 1.82) is 0 Å². The summed E-state index contributed by atoms with van der Waals surface area (Å²) in [6.45, 7) is 3.69. The van der Waals surface area contributed by atoms with Gasteiger partial charge in [-0.25, -0.2) is 4.98 Å².